The Hall–Kier alpha value is -2.37. The lowest BCUT2D eigenvalue weighted by atomic mass is 10.1. The summed E-state index contributed by atoms with van der Waals surface area (Å²) in [7, 11) is 0. The van der Waals surface area contributed by atoms with E-state index < -0.39 is 0 Å². The first kappa shape index (κ1) is 15.5. The number of benzene rings is 1. The van der Waals surface area contributed by atoms with Crippen molar-refractivity contribution < 1.29 is 4.79 Å². The zero-order valence-corrected chi connectivity index (χ0v) is 13.6. The summed E-state index contributed by atoms with van der Waals surface area (Å²) in [5, 5.41) is 8.02. The number of anilines is 1. The van der Waals surface area contributed by atoms with Crippen LogP contribution in [-0.4, -0.2) is 20.7 Å². The summed E-state index contributed by atoms with van der Waals surface area (Å²) in [6.07, 6.45) is 3.30. The van der Waals surface area contributed by atoms with Crippen molar-refractivity contribution in [1.29, 1.82) is 0 Å². The van der Waals surface area contributed by atoms with E-state index in [-0.39, 0.29) is 5.91 Å². The number of rotatable bonds is 3. The predicted octanol–water partition coefficient (Wildman–Crippen LogP) is 4.13. The summed E-state index contributed by atoms with van der Waals surface area (Å²) >= 11 is 12.1. The molecule has 1 aromatic carbocycles. The molecule has 1 N–H and O–H groups in total. The second-order valence-corrected chi connectivity index (χ2v) is 5.64. The van der Waals surface area contributed by atoms with Crippen LogP contribution < -0.4 is 5.32 Å². The fraction of sp³-hybridized carbons (Fsp3) is 0.0625. The van der Waals surface area contributed by atoms with Crippen molar-refractivity contribution in [3.63, 3.8) is 0 Å². The maximum Gasteiger partial charge on any atom is 0.257 e. The molecular weight excluding hydrogens is 335 g/mol. The van der Waals surface area contributed by atoms with E-state index in [2.05, 4.69) is 15.4 Å². The van der Waals surface area contributed by atoms with Gasteiger partial charge in [0.1, 0.15) is 0 Å². The Labute approximate surface area is 142 Å². The Morgan fingerprint density at radius 2 is 1.91 bits per heavy atom. The normalized spacial score (nSPS) is 10.6. The van der Waals surface area contributed by atoms with Crippen molar-refractivity contribution in [2.75, 3.05) is 5.32 Å². The van der Waals surface area contributed by atoms with Crippen LogP contribution in [0.3, 0.4) is 0 Å². The standard InChI is InChI=1S/C16H12Cl2N4O/c1-10-11(4-2-5-12(10)17)16(23)20-14-7-9-22(21-14)15-13(18)6-3-8-19-15/h2-9H,1H3,(H,20,21,23). The van der Waals surface area contributed by atoms with E-state index in [4.69, 9.17) is 23.2 Å². The molecule has 0 radical (unpaired) electrons. The van der Waals surface area contributed by atoms with Crippen molar-refractivity contribution in [2.24, 2.45) is 0 Å². The SMILES string of the molecule is Cc1c(Cl)cccc1C(=O)Nc1ccn(-c2ncccc2Cl)n1. The van der Waals surface area contributed by atoms with Crippen LogP contribution in [0, 0.1) is 6.92 Å². The third-order valence-electron chi connectivity index (χ3n) is 3.30. The predicted molar refractivity (Wildman–Crippen MR) is 90.5 cm³/mol. The Bertz CT molecular complexity index is 876. The van der Waals surface area contributed by atoms with Gasteiger partial charge < -0.3 is 5.32 Å². The zero-order chi connectivity index (χ0) is 16.4. The molecule has 0 aliphatic carbocycles. The molecule has 0 fully saturated rings. The molecule has 116 valence electrons. The third kappa shape index (κ3) is 3.21. The molecule has 3 aromatic rings. The molecule has 0 saturated carbocycles. The number of aromatic nitrogens is 3. The minimum absolute atomic E-state index is 0.276. The molecule has 0 atom stereocenters. The number of hydrogen-bond acceptors (Lipinski definition) is 3. The van der Waals surface area contributed by atoms with Crippen LogP contribution in [0.4, 0.5) is 5.82 Å². The van der Waals surface area contributed by atoms with Gasteiger partial charge in [-0.05, 0) is 36.8 Å². The number of nitrogens with zero attached hydrogens (tertiary/aromatic N) is 3. The molecule has 3 rings (SSSR count). The summed E-state index contributed by atoms with van der Waals surface area (Å²) < 4.78 is 1.50. The zero-order valence-electron chi connectivity index (χ0n) is 12.1. The minimum atomic E-state index is -0.276. The summed E-state index contributed by atoms with van der Waals surface area (Å²) in [5.74, 6) is 0.618. The van der Waals surface area contributed by atoms with E-state index in [1.807, 2.05) is 0 Å². The molecule has 7 heteroatoms. The number of halogens is 2. The average Bonchev–Trinajstić information content (AvgIpc) is 2.98. The second kappa shape index (κ2) is 6.40. The summed E-state index contributed by atoms with van der Waals surface area (Å²) in [5.41, 5.74) is 1.22. The van der Waals surface area contributed by atoms with E-state index in [0.717, 1.165) is 5.56 Å². The van der Waals surface area contributed by atoms with Crippen molar-refractivity contribution in [1.82, 2.24) is 14.8 Å². The molecule has 2 heterocycles. The highest BCUT2D eigenvalue weighted by Crippen LogP contribution is 2.21. The molecule has 2 aromatic heterocycles. The summed E-state index contributed by atoms with van der Waals surface area (Å²) in [4.78, 5) is 16.5. The van der Waals surface area contributed by atoms with Crippen LogP contribution >= 0.6 is 23.2 Å². The van der Waals surface area contributed by atoms with Crippen molar-refractivity contribution >= 4 is 34.9 Å². The first-order valence-corrected chi connectivity index (χ1v) is 7.55. The smallest absolute Gasteiger partial charge is 0.257 e. The van der Waals surface area contributed by atoms with Gasteiger partial charge in [-0.2, -0.15) is 0 Å². The van der Waals surface area contributed by atoms with Crippen LogP contribution in [-0.2, 0) is 0 Å². The molecule has 23 heavy (non-hydrogen) atoms. The molecular formula is C16H12Cl2N4O. The monoisotopic (exact) mass is 346 g/mol. The number of pyridine rings is 1. The lowest BCUT2D eigenvalue weighted by molar-refractivity contribution is 0.102. The van der Waals surface area contributed by atoms with Gasteiger partial charge in [-0.25, -0.2) is 9.67 Å². The van der Waals surface area contributed by atoms with Crippen LogP contribution in [0.25, 0.3) is 5.82 Å². The van der Waals surface area contributed by atoms with Gasteiger partial charge in [0.05, 0.1) is 5.02 Å². The minimum Gasteiger partial charge on any atom is -0.305 e. The maximum absolute atomic E-state index is 12.3. The van der Waals surface area contributed by atoms with Gasteiger partial charge in [0.2, 0.25) is 0 Å². The lowest BCUT2D eigenvalue weighted by Crippen LogP contribution is -2.14. The van der Waals surface area contributed by atoms with Crippen LogP contribution in [0.15, 0.2) is 48.8 Å². The summed E-state index contributed by atoms with van der Waals surface area (Å²) in [6.45, 7) is 1.80. The van der Waals surface area contributed by atoms with Crippen LogP contribution in [0.1, 0.15) is 15.9 Å². The Kier molecular flexibility index (Phi) is 4.32. The van der Waals surface area contributed by atoms with Gasteiger partial charge >= 0.3 is 0 Å². The number of carbonyl (C=O) groups is 1. The van der Waals surface area contributed by atoms with E-state index >= 15 is 0 Å². The van der Waals surface area contributed by atoms with E-state index in [1.54, 1.807) is 55.7 Å². The highest BCUT2D eigenvalue weighted by molar-refractivity contribution is 6.32. The van der Waals surface area contributed by atoms with E-state index in [0.29, 0.717) is 27.2 Å². The Balaban J connectivity index is 1.83. The molecule has 0 aliphatic rings. The number of hydrogen-bond donors (Lipinski definition) is 1. The fourth-order valence-corrected chi connectivity index (χ4v) is 2.47. The van der Waals surface area contributed by atoms with Gasteiger partial charge in [-0.3, -0.25) is 4.79 Å². The first-order chi connectivity index (χ1) is 11.1. The van der Waals surface area contributed by atoms with Gasteiger partial charge in [0, 0.05) is 29.0 Å². The molecule has 1 amide bonds. The molecule has 0 unspecified atom stereocenters. The quantitative estimate of drug-likeness (QED) is 0.775. The van der Waals surface area contributed by atoms with Gasteiger partial charge in [0.15, 0.2) is 11.6 Å². The van der Waals surface area contributed by atoms with Crippen molar-refractivity contribution in [3.8, 4) is 5.82 Å². The van der Waals surface area contributed by atoms with Crippen molar-refractivity contribution in [3.05, 3.63) is 70.0 Å². The Morgan fingerprint density at radius 1 is 1.13 bits per heavy atom. The largest absolute Gasteiger partial charge is 0.305 e. The number of amides is 1. The first-order valence-electron chi connectivity index (χ1n) is 6.79. The summed E-state index contributed by atoms with van der Waals surface area (Å²) in [6, 6.07) is 10.3. The molecule has 0 aliphatic heterocycles. The van der Waals surface area contributed by atoms with Gasteiger partial charge in [-0.15, -0.1) is 5.10 Å². The highest BCUT2D eigenvalue weighted by Gasteiger charge is 2.13. The van der Waals surface area contributed by atoms with E-state index in [9.17, 15) is 4.79 Å². The Morgan fingerprint density at radius 3 is 2.70 bits per heavy atom. The molecule has 5 nitrogen and oxygen atoms in total. The third-order valence-corrected chi connectivity index (χ3v) is 4.00. The van der Waals surface area contributed by atoms with Crippen molar-refractivity contribution in [2.45, 2.75) is 6.92 Å². The van der Waals surface area contributed by atoms with Gasteiger partial charge in [-0.1, -0.05) is 29.3 Å². The molecule has 0 bridgehead atoms. The van der Waals surface area contributed by atoms with Crippen LogP contribution in [0.2, 0.25) is 10.0 Å². The lowest BCUT2D eigenvalue weighted by Gasteiger charge is -2.07. The number of carbonyl (C=O) groups excluding carboxylic acids is 1. The number of nitrogens with one attached hydrogen (secondary N) is 1. The highest BCUT2D eigenvalue weighted by atomic mass is 35.5. The average molecular weight is 347 g/mol. The second-order valence-electron chi connectivity index (χ2n) is 4.82. The van der Waals surface area contributed by atoms with E-state index in [1.165, 1.54) is 4.68 Å². The van der Waals surface area contributed by atoms with Gasteiger partial charge in [0.25, 0.3) is 5.91 Å². The fourth-order valence-electron chi connectivity index (χ4n) is 2.09. The topological polar surface area (TPSA) is 59.8 Å². The molecule has 0 saturated heterocycles. The van der Waals surface area contributed by atoms with Crippen LogP contribution in [0.5, 0.6) is 0 Å². The molecule has 0 spiro atoms. The maximum atomic E-state index is 12.3.